The van der Waals surface area contributed by atoms with Crippen LogP contribution < -0.4 is 10.1 Å². The van der Waals surface area contributed by atoms with Gasteiger partial charge in [-0.15, -0.1) is 0 Å². The Kier molecular flexibility index (Phi) is 5.57. The number of hydrogen-bond donors (Lipinski definition) is 2. The normalized spacial score (nSPS) is 10.4. The van der Waals surface area contributed by atoms with Crippen LogP contribution in [0.1, 0.15) is 15.9 Å². The summed E-state index contributed by atoms with van der Waals surface area (Å²) in [5.41, 5.74) is 1.32. The second-order valence-electron chi connectivity index (χ2n) is 4.79. The van der Waals surface area contributed by atoms with Gasteiger partial charge in [-0.3, -0.25) is 4.79 Å². The Morgan fingerprint density at radius 2 is 1.88 bits per heavy atom. The van der Waals surface area contributed by atoms with Crippen molar-refractivity contribution in [1.82, 2.24) is 0 Å². The number of benzene rings is 2. The molecule has 0 unspecified atom stereocenters. The molecule has 0 radical (unpaired) electrons. The lowest BCUT2D eigenvalue weighted by Crippen LogP contribution is -2.12. The van der Waals surface area contributed by atoms with Crippen molar-refractivity contribution in [3.05, 3.63) is 59.7 Å². The summed E-state index contributed by atoms with van der Waals surface area (Å²) in [5.74, 6) is -0.601. The summed E-state index contributed by atoms with van der Waals surface area (Å²) in [7, 11) is 2.72. The predicted octanol–water partition coefficient (Wildman–Crippen LogP) is 2.84. The highest BCUT2D eigenvalue weighted by molar-refractivity contribution is 6.06. The van der Waals surface area contributed by atoms with E-state index in [-0.39, 0.29) is 11.3 Å². The Hall–Kier alpha value is -3.28. The molecule has 0 atom stereocenters. The van der Waals surface area contributed by atoms with Gasteiger partial charge in [0, 0.05) is 6.08 Å². The first-order chi connectivity index (χ1) is 11.5. The van der Waals surface area contributed by atoms with E-state index in [9.17, 15) is 14.7 Å². The molecule has 124 valence electrons. The minimum absolute atomic E-state index is 0.0195. The standard InChI is InChI=1S/C18H17NO5/c1-23-16-11-12(7-9-15(16)20)8-10-17(21)19-14-6-4-3-5-13(14)18(22)24-2/h3-11,20H,1-2H3,(H,19,21)/b10-8+. The van der Waals surface area contributed by atoms with Gasteiger partial charge >= 0.3 is 5.97 Å². The Morgan fingerprint density at radius 1 is 1.12 bits per heavy atom. The molecule has 6 nitrogen and oxygen atoms in total. The molecule has 24 heavy (non-hydrogen) atoms. The number of esters is 1. The van der Waals surface area contributed by atoms with E-state index in [1.807, 2.05) is 0 Å². The molecule has 0 aliphatic heterocycles. The van der Waals surface area contributed by atoms with E-state index in [1.54, 1.807) is 42.5 Å². The molecule has 0 fully saturated rings. The minimum Gasteiger partial charge on any atom is -0.504 e. The largest absolute Gasteiger partial charge is 0.504 e. The van der Waals surface area contributed by atoms with Crippen LogP contribution in [0.15, 0.2) is 48.5 Å². The van der Waals surface area contributed by atoms with Gasteiger partial charge in [0.15, 0.2) is 11.5 Å². The van der Waals surface area contributed by atoms with Crippen LogP contribution in [-0.2, 0) is 9.53 Å². The van der Waals surface area contributed by atoms with Crippen LogP contribution in [0.3, 0.4) is 0 Å². The van der Waals surface area contributed by atoms with Gasteiger partial charge in [-0.2, -0.15) is 0 Å². The van der Waals surface area contributed by atoms with Gasteiger partial charge in [0.05, 0.1) is 25.5 Å². The number of anilines is 1. The molecule has 1 amide bonds. The van der Waals surface area contributed by atoms with Crippen LogP contribution in [0, 0.1) is 0 Å². The third-order valence-corrected chi connectivity index (χ3v) is 3.22. The number of aromatic hydroxyl groups is 1. The van der Waals surface area contributed by atoms with Gasteiger partial charge < -0.3 is 19.9 Å². The van der Waals surface area contributed by atoms with Gasteiger partial charge in [-0.1, -0.05) is 18.2 Å². The summed E-state index contributed by atoms with van der Waals surface area (Å²) < 4.78 is 9.69. The molecule has 0 saturated carbocycles. The van der Waals surface area contributed by atoms with Crippen molar-refractivity contribution in [3.8, 4) is 11.5 Å². The summed E-state index contributed by atoms with van der Waals surface area (Å²) in [6, 6.07) is 11.3. The SMILES string of the molecule is COC(=O)c1ccccc1NC(=O)/C=C/c1ccc(O)c(OC)c1. The Morgan fingerprint density at radius 3 is 2.58 bits per heavy atom. The van der Waals surface area contributed by atoms with E-state index in [0.717, 1.165) is 0 Å². The van der Waals surface area contributed by atoms with Crippen LogP contribution in [-0.4, -0.2) is 31.2 Å². The topological polar surface area (TPSA) is 84.9 Å². The quantitative estimate of drug-likeness (QED) is 0.651. The summed E-state index contributed by atoms with van der Waals surface area (Å²) in [6.07, 6.45) is 2.89. The molecular formula is C18H17NO5. The second-order valence-corrected chi connectivity index (χ2v) is 4.79. The molecule has 6 heteroatoms. The molecule has 0 saturated heterocycles. The third kappa shape index (κ3) is 4.13. The van der Waals surface area contributed by atoms with Crippen LogP contribution in [0.25, 0.3) is 6.08 Å². The number of phenolic OH excluding ortho intramolecular Hbond substituents is 1. The summed E-state index contributed by atoms with van der Waals surface area (Å²) in [6.45, 7) is 0. The lowest BCUT2D eigenvalue weighted by atomic mass is 10.1. The van der Waals surface area contributed by atoms with Crippen molar-refractivity contribution in [2.75, 3.05) is 19.5 Å². The fourth-order valence-corrected chi connectivity index (χ4v) is 2.02. The molecule has 0 spiro atoms. The Balaban J connectivity index is 2.13. The number of ether oxygens (including phenoxy) is 2. The maximum atomic E-state index is 12.0. The molecule has 0 aliphatic rings. The van der Waals surface area contributed by atoms with E-state index >= 15 is 0 Å². The number of phenols is 1. The number of rotatable bonds is 5. The molecule has 2 N–H and O–H groups in total. The number of amides is 1. The van der Waals surface area contributed by atoms with Gasteiger partial charge in [0.2, 0.25) is 5.91 Å². The first-order valence-corrected chi connectivity index (χ1v) is 7.08. The average molecular weight is 327 g/mol. The lowest BCUT2D eigenvalue weighted by molar-refractivity contribution is -0.111. The number of hydrogen-bond acceptors (Lipinski definition) is 5. The molecule has 2 aromatic rings. The van der Waals surface area contributed by atoms with Crippen molar-refractivity contribution in [3.63, 3.8) is 0 Å². The first-order valence-electron chi connectivity index (χ1n) is 7.08. The monoisotopic (exact) mass is 327 g/mol. The van der Waals surface area contributed by atoms with E-state index in [1.165, 1.54) is 26.4 Å². The summed E-state index contributed by atoms with van der Waals surface area (Å²) in [4.78, 5) is 23.7. The zero-order valence-electron chi connectivity index (χ0n) is 13.3. The van der Waals surface area contributed by atoms with E-state index < -0.39 is 11.9 Å². The van der Waals surface area contributed by atoms with Gasteiger partial charge in [-0.25, -0.2) is 4.79 Å². The lowest BCUT2D eigenvalue weighted by Gasteiger charge is -2.08. The smallest absolute Gasteiger partial charge is 0.339 e. The molecule has 0 aliphatic carbocycles. The zero-order chi connectivity index (χ0) is 17.5. The van der Waals surface area contributed by atoms with Crippen LogP contribution in [0.2, 0.25) is 0 Å². The van der Waals surface area contributed by atoms with Gasteiger partial charge in [0.1, 0.15) is 0 Å². The fourth-order valence-electron chi connectivity index (χ4n) is 2.02. The fraction of sp³-hybridized carbons (Fsp3) is 0.111. The molecule has 0 heterocycles. The predicted molar refractivity (Wildman–Crippen MR) is 90.1 cm³/mol. The van der Waals surface area contributed by atoms with Crippen LogP contribution in [0.5, 0.6) is 11.5 Å². The number of carbonyl (C=O) groups is 2. The molecular weight excluding hydrogens is 310 g/mol. The van der Waals surface area contributed by atoms with E-state index in [2.05, 4.69) is 10.1 Å². The maximum absolute atomic E-state index is 12.0. The third-order valence-electron chi connectivity index (χ3n) is 3.22. The molecule has 2 rings (SSSR count). The Bertz CT molecular complexity index is 783. The first kappa shape index (κ1) is 17.1. The maximum Gasteiger partial charge on any atom is 0.339 e. The van der Waals surface area contributed by atoms with Crippen LogP contribution >= 0.6 is 0 Å². The van der Waals surface area contributed by atoms with Crippen molar-refractivity contribution in [1.29, 1.82) is 0 Å². The second kappa shape index (κ2) is 7.82. The highest BCUT2D eigenvalue weighted by Gasteiger charge is 2.12. The number of methoxy groups -OCH3 is 2. The minimum atomic E-state index is -0.529. The molecule has 2 aromatic carbocycles. The highest BCUT2D eigenvalue weighted by Crippen LogP contribution is 2.26. The van der Waals surface area contributed by atoms with E-state index in [0.29, 0.717) is 17.0 Å². The highest BCUT2D eigenvalue weighted by atomic mass is 16.5. The van der Waals surface area contributed by atoms with Crippen molar-refractivity contribution in [2.24, 2.45) is 0 Å². The zero-order valence-corrected chi connectivity index (χ0v) is 13.3. The molecule has 0 bridgehead atoms. The van der Waals surface area contributed by atoms with E-state index in [4.69, 9.17) is 4.74 Å². The van der Waals surface area contributed by atoms with Crippen molar-refractivity contribution >= 4 is 23.6 Å². The van der Waals surface area contributed by atoms with Gasteiger partial charge in [0.25, 0.3) is 0 Å². The van der Waals surface area contributed by atoms with Crippen molar-refractivity contribution in [2.45, 2.75) is 0 Å². The van der Waals surface area contributed by atoms with Gasteiger partial charge in [-0.05, 0) is 35.9 Å². The Labute approximate surface area is 139 Å². The summed E-state index contributed by atoms with van der Waals surface area (Å²) in [5, 5.41) is 12.2. The molecule has 0 aromatic heterocycles. The number of para-hydroxylation sites is 1. The van der Waals surface area contributed by atoms with Crippen LogP contribution in [0.4, 0.5) is 5.69 Å². The number of nitrogens with one attached hydrogen (secondary N) is 1. The average Bonchev–Trinajstić information content (AvgIpc) is 2.60. The number of carbonyl (C=O) groups excluding carboxylic acids is 2. The van der Waals surface area contributed by atoms with Crippen molar-refractivity contribution < 1.29 is 24.2 Å². The summed E-state index contributed by atoms with van der Waals surface area (Å²) >= 11 is 0.